The van der Waals surface area contributed by atoms with Gasteiger partial charge in [-0.1, -0.05) is 55.9 Å². The van der Waals surface area contributed by atoms with Crippen molar-refractivity contribution < 1.29 is 14.3 Å². The summed E-state index contributed by atoms with van der Waals surface area (Å²) in [7, 11) is 1.32. The molecule has 0 saturated heterocycles. The van der Waals surface area contributed by atoms with Crippen molar-refractivity contribution in [3.05, 3.63) is 42.1 Å². The topological polar surface area (TPSA) is 81.2 Å². The minimum absolute atomic E-state index is 0.128. The van der Waals surface area contributed by atoms with E-state index in [1.165, 1.54) is 18.9 Å². The van der Waals surface area contributed by atoms with Crippen LogP contribution in [0.2, 0.25) is 0 Å². The Morgan fingerprint density at radius 3 is 2.52 bits per heavy atom. The summed E-state index contributed by atoms with van der Waals surface area (Å²) >= 11 is 1.25. The quantitative estimate of drug-likeness (QED) is 0.425. The molecule has 0 fully saturated rings. The van der Waals surface area contributed by atoms with E-state index >= 15 is 0 Å². The van der Waals surface area contributed by atoms with Crippen molar-refractivity contribution in [2.24, 2.45) is 5.92 Å². The van der Waals surface area contributed by atoms with Crippen LogP contribution in [-0.2, 0) is 14.3 Å². The van der Waals surface area contributed by atoms with Crippen molar-refractivity contribution in [1.82, 2.24) is 15.3 Å². The van der Waals surface area contributed by atoms with Crippen molar-refractivity contribution in [3.63, 3.8) is 0 Å². The van der Waals surface area contributed by atoms with Crippen molar-refractivity contribution in [2.75, 3.05) is 12.9 Å². The first-order chi connectivity index (χ1) is 12.9. The normalized spacial score (nSPS) is 11.9. The van der Waals surface area contributed by atoms with Gasteiger partial charge in [-0.15, -0.1) is 0 Å². The number of thioether (sulfide) groups is 1. The number of hydrogen-bond donors (Lipinski definition) is 1. The summed E-state index contributed by atoms with van der Waals surface area (Å²) in [6, 6.07) is 11.1. The van der Waals surface area contributed by atoms with E-state index in [0.717, 1.165) is 17.0 Å². The first-order valence-electron chi connectivity index (χ1n) is 8.80. The first kappa shape index (κ1) is 20.9. The van der Waals surface area contributed by atoms with Gasteiger partial charge in [0.05, 0.1) is 18.6 Å². The molecule has 0 spiro atoms. The van der Waals surface area contributed by atoms with Gasteiger partial charge < -0.3 is 10.1 Å². The van der Waals surface area contributed by atoms with Gasteiger partial charge in [0.25, 0.3) is 0 Å². The number of benzene rings is 1. The molecule has 2 rings (SSSR count). The number of aryl methyl sites for hydroxylation is 1. The van der Waals surface area contributed by atoms with E-state index in [2.05, 4.69) is 15.3 Å². The van der Waals surface area contributed by atoms with Crippen LogP contribution in [0.25, 0.3) is 11.3 Å². The number of rotatable bonds is 8. The number of amides is 1. The third-order valence-electron chi connectivity index (χ3n) is 3.76. The van der Waals surface area contributed by atoms with E-state index in [-0.39, 0.29) is 17.6 Å². The van der Waals surface area contributed by atoms with E-state index in [1.807, 2.05) is 57.2 Å². The van der Waals surface area contributed by atoms with Crippen LogP contribution in [0.4, 0.5) is 0 Å². The summed E-state index contributed by atoms with van der Waals surface area (Å²) in [4.78, 5) is 33.0. The molecule has 0 unspecified atom stereocenters. The molecule has 1 N–H and O–H groups in total. The van der Waals surface area contributed by atoms with Crippen LogP contribution in [0, 0.1) is 12.8 Å². The molecule has 0 aliphatic rings. The number of esters is 1. The molecule has 0 saturated carbocycles. The number of ether oxygens (including phenoxy) is 1. The SMILES string of the molecule is COC(=O)[C@@H](CC(C)C)NC(=O)CSc1nc(C)cc(-c2ccccc2)n1. The molecule has 1 aromatic heterocycles. The van der Waals surface area contributed by atoms with Gasteiger partial charge in [0, 0.05) is 11.3 Å². The zero-order valence-corrected chi connectivity index (χ0v) is 16.9. The lowest BCUT2D eigenvalue weighted by molar-refractivity contribution is -0.145. The Balaban J connectivity index is 2.02. The van der Waals surface area contributed by atoms with Crippen LogP contribution in [0.15, 0.2) is 41.6 Å². The van der Waals surface area contributed by atoms with Crippen LogP contribution in [0.3, 0.4) is 0 Å². The summed E-state index contributed by atoms with van der Waals surface area (Å²) in [6.45, 7) is 5.87. The second-order valence-electron chi connectivity index (χ2n) is 6.60. The fourth-order valence-electron chi connectivity index (χ4n) is 2.56. The summed E-state index contributed by atoms with van der Waals surface area (Å²) in [6.07, 6.45) is 0.530. The zero-order valence-electron chi connectivity index (χ0n) is 16.1. The number of carbonyl (C=O) groups is 2. The maximum Gasteiger partial charge on any atom is 0.328 e. The molecule has 0 bridgehead atoms. The predicted molar refractivity (Wildman–Crippen MR) is 106 cm³/mol. The number of carbonyl (C=O) groups excluding carboxylic acids is 2. The third-order valence-corrected chi connectivity index (χ3v) is 4.61. The predicted octanol–water partition coefficient (Wildman–Crippen LogP) is 3.25. The van der Waals surface area contributed by atoms with Crippen molar-refractivity contribution >= 4 is 23.6 Å². The van der Waals surface area contributed by atoms with Gasteiger partial charge in [-0.05, 0) is 25.3 Å². The van der Waals surface area contributed by atoms with Gasteiger partial charge in [0.2, 0.25) is 5.91 Å². The molecule has 0 aliphatic heterocycles. The van der Waals surface area contributed by atoms with Crippen LogP contribution in [-0.4, -0.2) is 40.7 Å². The van der Waals surface area contributed by atoms with Crippen molar-refractivity contribution in [1.29, 1.82) is 0 Å². The van der Waals surface area contributed by atoms with Gasteiger partial charge >= 0.3 is 5.97 Å². The number of nitrogens with zero attached hydrogens (tertiary/aromatic N) is 2. The van der Waals surface area contributed by atoms with Gasteiger partial charge in [-0.2, -0.15) is 0 Å². The van der Waals surface area contributed by atoms with Crippen LogP contribution in [0.5, 0.6) is 0 Å². The van der Waals surface area contributed by atoms with E-state index in [4.69, 9.17) is 4.74 Å². The van der Waals surface area contributed by atoms with Gasteiger partial charge in [-0.3, -0.25) is 4.79 Å². The molecule has 1 amide bonds. The fraction of sp³-hybridized carbons (Fsp3) is 0.400. The number of nitrogens with one attached hydrogen (secondary N) is 1. The largest absolute Gasteiger partial charge is 0.467 e. The standard InChI is InChI=1S/C20H25N3O3S/c1-13(2)10-17(19(25)26-4)22-18(24)12-27-20-21-14(3)11-16(23-20)15-8-6-5-7-9-15/h5-9,11,13,17H,10,12H2,1-4H3,(H,22,24)/t17-/m1/s1. The Morgan fingerprint density at radius 2 is 1.89 bits per heavy atom. The molecule has 0 aliphatic carbocycles. The molecule has 27 heavy (non-hydrogen) atoms. The Labute approximate surface area is 164 Å². The second-order valence-corrected chi connectivity index (χ2v) is 7.55. The minimum Gasteiger partial charge on any atom is -0.467 e. The van der Waals surface area contributed by atoms with Crippen LogP contribution >= 0.6 is 11.8 Å². The van der Waals surface area contributed by atoms with Crippen molar-refractivity contribution in [2.45, 2.75) is 38.4 Å². The smallest absolute Gasteiger partial charge is 0.328 e. The van der Waals surface area contributed by atoms with Crippen LogP contribution < -0.4 is 5.32 Å². The van der Waals surface area contributed by atoms with Gasteiger partial charge in [0.1, 0.15) is 6.04 Å². The summed E-state index contributed by atoms with van der Waals surface area (Å²) in [5, 5.41) is 3.27. The number of methoxy groups -OCH3 is 1. The Hall–Kier alpha value is -2.41. The van der Waals surface area contributed by atoms with E-state index in [0.29, 0.717) is 11.6 Å². The highest BCUT2D eigenvalue weighted by atomic mass is 32.2. The molecule has 1 aromatic carbocycles. The summed E-state index contributed by atoms with van der Waals surface area (Å²) in [5.74, 6) is -0.290. The average molecular weight is 388 g/mol. The molecule has 7 heteroatoms. The molecular weight excluding hydrogens is 362 g/mol. The average Bonchev–Trinajstić information content (AvgIpc) is 2.65. The lowest BCUT2D eigenvalue weighted by Crippen LogP contribution is -2.43. The fourth-order valence-corrected chi connectivity index (χ4v) is 3.27. The third kappa shape index (κ3) is 6.67. The van der Waals surface area contributed by atoms with Crippen LogP contribution in [0.1, 0.15) is 26.0 Å². The lowest BCUT2D eigenvalue weighted by atomic mass is 10.0. The van der Waals surface area contributed by atoms with E-state index in [1.54, 1.807) is 0 Å². The summed E-state index contributed by atoms with van der Waals surface area (Å²) < 4.78 is 4.77. The maximum atomic E-state index is 12.3. The highest BCUT2D eigenvalue weighted by Crippen LogP contribution is 2.21. The molecule has 0 radical (unpaired) electrons. The Morgan fingerprint density at radius 1 is 1.19 bits per heavy atom. The Bertz CT molecular complexity index is 781. The molecule has 144 valence electrons. The van der Waals surface area contributed by atoms with Gasteiger partial charge in [0.15, 0.2) is 5.16 Å². The van der Waals surface area contributed by atoms with Crippen molar-refractivity contribution in [3.8, 4) is 11.3 Å². The maximum absolute atomic E-state index is 12.3. The molecule has 1 heterocycles. The highest BCUT2D eigenvalue weighted by Gasteiger charge is 2.22. The van der Waals surface area contributed by atoms with Gasteiger partial charge in [-0.25, -0.2) is 14.8 Å². The van der Waals surface area contributed by atoms with E-state index in [9.17, 15) is 9.59 Å². The van der Waals surface area contributed by atoms with E-state index < -0.39 is 12.0 Å². The molecule has 1 atom stereocenters. The number of hydrogen-bond acceptors (Lipinski definition) is 6. The second kappa shape index (κ2) is 10.1. The Kier molecular flexibility index (Phi) is 7.79. The molecule has 6 nitrogen and oxygen atoms in total. The number of aromatic nitrogens is 2. The molecular formula is C20H25N3O3S. The monoisotopic (exact) mass is 387 g/mol. The summed E-state index contributed by atoms with van der Waals surface area (Å²) in [5.41, 5.74) is 2.65. The zero-order chi connectivity index (χ0) is 19.8. The minimum atomic E-state index is -0.638. The first-order valence-corrected chi connectivity index (χ1v) is 9.78. The molecule has 2 aromatic rings. The highest BCUT2D eigenvalue weighted by molar-refractivity contribution is 7.99. The lowest BCUT2D eigenvalue weighted by Gasteiger charge is -2.18.